The molecule has 0 bridgehead atoms. The zero-order valence-corrected chi connectivity index (χ0v) is 57.6. The number of ether oxygens (including phenoxy) is 3. The molecule has 0 aliphatic rings. The number of aliphatic hydroxyl groups is 2. The number of unbranched alkanes of at least 4 members (excludes halogenated alkanes) is 29. The van der Waals surface area contributed by atoms with E-state index in [1.165, 1.54) is 96.3 Å². The van der Waals surface area contributed by atoms with Gasteiger partial charge in [0.1, 0.15) is 25.4 Å². The van der Waals surface area contributed by atoms with Crippen LogP contribution in [-0.4, -0.2) is 95.9 Å². The van der Waals surface area contributed by atoms with E-state index in [-0.39, 0.29) is 19.3 Å². The summed E-state index contributed by atoms with van der Waals surface area (Å²) in [4.78, 5) is 58.3. The highest BCUT2D eigenvalue weighted by Crippen LogP contribution is 2.45. The van der Waals surface area contributed by atoms with Gasteiger partial charge in [0.15, 0.2) is 6.10 Å². The third-order valence-electron chi connectivity index (χ3n) is 14.6. The molecule has 0 radical (unpaired) electrons. The van der Waals surface area contributed by atoms with E-state index in [9.17, 15) is 43.5 Å². The summed E-state index contributed by atoms with van der Waals surface area (Å²) in [5, 5.41) is 20.5. The van der Waals surface area contributed by atoms with Gasteiger partial charge in [-0.15, -0.1) is 0 Å². The molecule has 4 N–H and O–H groups in total. The molecule has 5 unspecified atom stereocenters. The third kappa shape index (κ3) is 66.0. The fraction of sp³-hybridized carbons (Fsp3) is 0.761. The van der Waals surface area contributed by atoms with E-state index < -0.39 is 91.5 Å². The van der Waals surface area contributed by atoms with Gasteiger partial charge in [-0.25, -0.2) is 9.13 Å². The molecule has 16 nitrogen and oxygen atoms in total. The van der Waals surface area contributed by atoms with Gasteiger partial charge in [0.25, 0.3) is 0 Å². The van der Waals surface area contributed by atoms with Crippen molar-refractivity contribution in [3.05, 3.63) is 85.1 Å². The molecule has 5 atom stereocenters. The van der Waals surface area contributed by atoms with Gasteiger partial charge in [-0.05, 0) is 96.3 Å². The summed E-state index contributed by atoms with van der Waals surface area (Å²) >= 11 is 0. The highest BCUT2D eigenvalue weighted by Gasteiger charge is 2.29. The van der Waals surface area contributed by atoms with Crippen LogP contribution in [0.4, 0.5) is 0 Å². The van der Waals surface area contributed by atoms with E-state index in [2.05, 4.69) is 106 Å². The monoisotopic (exact) mass is 1300 g/mol. The minimum absolute atomic E-state index is 0.108. The number of phosphoric ester groups is 2. The number of allylic oxidation sites excluding steroid dienone is 14. The summed E-state index contributed by atoms with van der Waals surface area (Å²) in [5.41, 5.74) is 0. The molecule has 0 fully saturated rings. The Bertz CT molecular complexity index is 1970. The number of aliphatic hydroxyl groups excluding tert-OH is 2. The van der Waals surface area contributed by atoms with Crippen LogP contribution in [0.25, 0.3) is 0 Å². The van der Waals surface area contributed by atoms with E-state index in [1.54, 1.807) is 0 Å². The molecule has 0 heterocycles. The fourth-order valence-corrected chi connectivity index (χ4v) is 10.9. The van der Waals surface area contributed by atoms with Crippen molar-refractivity contribution >= 4 is 33.6 Å². The molecule has 0 aromatic rings. The molecule has 0 aliphatic carbocycles. The van der Waals surface area contributed by atoms with Crippen molar-refractivity contribution in [2.75, 3.05) is 39.6 Å². The molecule has 516 valence electrons. The van der Waals surface area contributed by atoms with Crippen LogP contribution in [0.3, 0.4) is 0 Å². The van der Waals surface area contributed by atoms with Gasteiger partial charge in [-0.2, -0.15) is 0 Å². The highest BCUT2D eigenvalue weighted by molar-refractivity contribution is 7.47. The minimum Gasteiger partial charge on any atom is -0.463 e. The zero-order chi connectivity index (χ0) is 65.3. The topological polar surface area (TPSA) is 231 Å². The lowest BCUT2D eigenvalue weighted by Crippen LogP contribution is -2.30. The summed E-state index contributed by atoms with van der Waals surface area (Å²) in [6.07, 6.45) is 69.3. The van der Waals surface area contributed by atoms with E-state index in [1.807, 2.05) is 0 Å². The van der Waals surface area contributed by atoms with Crippen molar-refractivity contribution < 1.29 is 75.8 Å². The maximum absolute atomic E-state index is 12.9. The van der Waals surface area contributed by atoms with Crippen LogP contribution in [0.5, 0.6) is 0 Å². The first kappa shape index (κ1) is 85.7. The van der Waals surface area contributed by atoms with Crippen molar-refractivity contribution in [2.45, 2.75) is 309 Å². The number of carbonyl (C=O) groups is 3. The lowest BCUT2D eigenvalue weighted by atomic mass is 10.0. The molecule has 89 heavy (non-hydrogen) atoms. The molecule has 18 heteroatoms. The van der Waals surface area contributed by atoms with Gasteiger partial charge < -0.3 is 34.2 Å². The first-order valence-corrected chi connectivity index (χ1v) is 37.9. The second-order valence-electron chi connectivity index (χ2n) is 23.3. The molecule has 0 aliphatic heterocycles. The third-order valence-corrected chi connectivity index (χ3v) is 16.5. The molecular weight excluding hydrogens is 1170 g/mol. The quantitative estimate of drug-likeness (QED) is 0.0146. The maximum atomic E-state index is 12.9. The van der Waals surface area contributed by atoms with Crippen LogP contribution in [-0.2, 0) is 55.8 Å². The first-order valence-electron chi connectivity index (χ1n) is 34.9. The lowest BCUT2D eigenvalue weighted by molar-refractivity contribution is -0.161. The van der Waals surface area contributed by atoms with Gasteiger partial charge in [0.2, 0.25) is 0 Å². The van der Waals surface area contributed by atoms with Crippen LogP contribution in [0, 0.1) is 0 Å². The Morgan fingerprint density at radius 1 is 0.326 bits per heavy atom. The minimum atomic E-state index is -4.92. The van der Waals surface area contributed by atoms with Crippen LogP contribution in [0.2, 0.25) is 0 Å². The normalized spacial score (nSPS) is 14.7. The smallest absolute Gasteiger partial charge is 0.463 e. The van der Waals surface area contributed by atoms with Gasteiger partial charge in [0, 0.05) is 19.3 Å². The Kier molecular flexibility index (Phi) is 62.4. The Morgan fingerprint density at radius 2 is 0.596 bits per heavy atom. The van der Waals surface area contributed by atoms with Crippen molar-refractivity contribution in [2.24, 2.45) is 0 Å². The van der Waals surface area contributed by atoms with Gasteiger partial charge in [-0.1, -0.05) is 260 Å². The predicted octanol–water partition coefficient (Wildman–Crippen LogP) is 19.3. The molecule has 0 aromatic heterocycles. The standard InChI is InChI=1S/C71H126O16P2/c1-4-7-10-13-16-19-22-25-26-27-28-29-30-31-32-33-34-35-36-37-38-41-43-45-48-51-54-57-69(74)81-60-66(72)61-83-88(77,78)84-62-67(73)63-85-89(79,80)86-65-68(87-71(76)59-56-53-50-47-44-40-24-21-18-15-12-9-6-3)64-82-70(75)58-55-52-49-46-42-39-23-20-17-14-11-8-5-2/h7,10,16,19-20,23,25-26,28-29,31-32,34-35,66-68,72-73H,4-6,8-9,11-15,17-18,21-22,24,27,30,33,36-65H2,1-3H3,(H,77,78)(H,79,80)/b10-7-,19-16-,23-20-,26-25-,29-28-,32-31-,35-34-. The number of hydrogen-bond acceptors (Lipinski definition) is 14. The molecule has 0 rings (SSSR count). The number of carbonyl (C=O) groups excluding carboxylic acids is 3. The first-order chi connectivity index (χ1) is 43.2. The fourth-order valence-electron chi connectivity index (χ4n) is 9.27. The largest absolute Gasteiger partial charge is 0.472 e. The Balaban J connectivity index is 4.48. The molecular formula is C71H126O16P2. The second kappa shape index (κ2) is 64.8. The van der Waals surface area contributed by atoms with E-state index in [0.717, 1.165) is 135 Å². The Hall–Kier alpha value is -3.27. The molecule has 0 saturated heterocycles. The second-order valence-corrected chi connectivity index (χ2v) is 26.2. The summed E-state index contributed by atoms with van der Waals surface area (Å²) in [5.74, 6) is -1.58. The van der Waals surface area contributed by atoms with Crippen molar-refractivity contribution in [1.29, 1.82) is 0 Å². The summed E-state index contributed by atoms with van der Waals surface area (Å²) in [7, 11) is -9.77. The zero-order valence-electron chi connectivity index (χ0n) is 55.8. The number of esters is 3. The predicted molar refractivity (Wildman–Crippen MR) is 362 cm³/mol. The molecule has 0 aromatic carbocycles. The number of hydrogen-bond donors (Lipinski definition) is 4. The average Bonchev–Trinajstić information content (AvgIpc) is 3.55. The van der Waals surface area contributed by atoms with Gasteiger partial charge in [0.05, 0.1) is 26.4 Å². The van der Waals surface area contributed by atoms with Crippen LogP contribution in [0.1, 0.15) is 290 Å². The number of rotatable bonds is 66. The van der Waals surface area contributed by atoms with Crippen LogP contribution in [0.15, 0.2) is 85.1 Å². The van der Waals surface area contributed by atoms with Crippen molar-refractivity contribution in [3.8, 4) is 0 Å². The lowest BCUT2D eigenvalue weighted by Gasteiger charge is -2.21. The summed E-state index contributed by atoms with van der Waals surface area (Å²) in [6, 6.07) is 0. The van der Waals surface area contributed by atoms with Gasteiger partial charge in [-0.3, -0.25) is 32.5 Å². The molecule has 0 amide bonds. The van der Waals surface area contributed by atoms with E-state index >= 15 is 0 Å². The Morgan fingerprint density at radius 3 is 0.966 bits per heavy atom. The van der Waals surface area contributed by atoms with E-state index in [0.29, 0.717) is 19.3 Å². The molecule has 0 spiro atoms. The Labute approximate surface area is 540 Å². The van der Waals surface area contributed by atoms with Crippen LogP contribution >= 0.6 is 15.6 Å². The average molecular weight is 1300 g/mol. The van der Waals surface area contributed by atoms with Crippen molar-refractivity contribution in [1.82, 2.24) is 0 Å². The summed E-state index contributed by atoms with van der Waals surface area (Å²) < 4.78 is 60.8. The molecule has 0 saturated carbocycles. The maximum Gasteiger partial charge on any atom is 0.472 e. The SMILES string of the molecule is CC/C=C\C/C=C\C/C=C\C/C=C\C/C=C\C/C=C\CCCCCCCCCCC(=O)OCC(O)COP(=O)(O)OCC(O)COP(=O)(O)OCC(COC(=O)CCCCCCC/C=C\CCCCCC)OC(=O)CCCCCCCCCCCCCCC. The summed E-state index contributed by atoms with van der Waals surface area (Å²) in [6.45, 7) is 2.54. The number of phosphoric acid groups is 2. The van der Waals surface area contributed by atoms with Crippen LogP contribution < -0.4 is 0 Å². The highest BCUT2D eigenvalue weighted by atomic mass is 31.2. The van der Waals surface area contributed by atoms with E-state index in [4.69, 9.17) is 32.3 Å². The van der Waals surface area contributed by atoms with Gasteiger partial charge >= 0.3 is 33.6 Å². The van der Waals surface area contributed by atoms with Crippen molar-refractivity contribution in [3.63, 3.8) is 0 Å².